The Morgan fingerprint density at radius 1 is 1.27 bits per heavy atom. The van der Waals surface area contributed by atoms with E-state index in [4.69, 9.17) is 5.73 Å². The molecule has 1 aromatic rings. The molecule has 2 heteroatoms. The van der Waals surface area contributed by atoms with Crippen molar-refractivity contribution in [2.24, 2.45) is 0 Å². The Hall–Kier alpha value is -1.02. The van der Waals surface area contributed by atoms with Gasteiger partial charge in [0, 0.05) is 17.8 Å². The Balaban J connectivity index is 1.90. The van der Waals surface area contributed by atoms with Crippen molar-refractivity contribution < 1.29 is 0 Å². The number of nitrogen functional groups attached to an aromatic ring is 1. The largest absolute Gasteiger partial charge is 0.399 e. The van der Waals surface area contributed by atoms with E-state index in [0.29, 0.717) is 5.54 Å². The molecular formula is C13H20N2. The number of hydrogen-bond donors (Lipinski definition) is 2. The molecule has 1 saturated carbocycles. The Morgan fingerprint density at radius 3 is 2.40 bits per heavy atom. The van der Waals surface area contributed by atoms with Crippen LogP contribution in [0.4, 0.5) is 5.69 Å². The maximum atomic E-state index is 5.65. The van der Waals surface area contributed by atoms with Crippen LogP contribution >= 0.6 is 0 Å². The Labute approximate surface area is 91.9 Å². The predicted octanol–water partition coefficient (Wildman–Crippen LogP) is 2.69. The molecule has 0 aromatic heterocycles. The summed E-state index contributed by atoms with van der Waals surface area (Å²) in [7, 11) is 0. The third kappa shape index (κ3) is 2.32. The summed E-state index contributed by atoms with van der Waals surface area (Å²) in [6, 6.07) is 8.14. The van der Waals surface area contributed by atoms with E-state index in [1.807, 2.05) is 12.1 Å². The third-order valence-electron chi connectivity index (χ3n) is 3.63. The molecule has 2 rings (SSSR count). The number of nitrogens with one attached hydrogen (secondary N) is 1. The van der Waals surface area contributed by atoms with Crippen LogP contribution in [0, 0.1) is 0 Å². The lowest BCUT2D eigenvalue weighted by molar-refractivity contribution is 0.175. The van der Waals surface area contributed by atoms with E-state index in [-0.39, 0.29) is 0 Å². The van der Waals surface area contributed by atoms with Crippen molar-refractivity contribution in [2.45, 2.75) is 44.7 Å². The summed E-state index contributed by atoms with van der Waals surface area (Å²) in [5.41, 5.74) is 8.25. The molecule has 0 heterocycles. The van der Waals surface area contributed by atoms with Gasteiger partial charge in [0.2, 0.25) is 0 Å². The summed E-state index contributed by atoms with van der Waals surface area (Å²) >= 11 is 0. The molecule has 82 valence electrons. The Bertz CT molecular complexity index is 306. The average Bonchev–Trinajstić information content (AvgIpc) is 2.20. The van der Waals surface area contributed by atoms with Crippen LogP contribution in [0.15, 0.2) is 24.3 Å². The molecule has 0 saturated heterocycles. The van der Waals surface area contributed by atoms with Gasteiger partial charge < -0.3 is 11.1 Å². The van der Waals surface area contributed by atoms with Crippen LogP contribution in [0.5, 0.6) is 0 Å². The highest BCUT2D eigenvalue weighted by atomic mass is 15.0. The van der Waals surface area contributed by atoms with Gasteiger partial charge in [0.05, 0.1) is 0 Å². The van der Waals surface area contributed by atoms with Crippen LogP contribution in [0.25, 0.3) is 0 Å². The maximum Gasteiger partial charge on any atom is 0.0314 e. The fraction of sp³-hybridized carbons (Fsp3) is 0.538. The van der Waals surface area contributed by atoms with Gasteiger partial charge in [-0.25, -0.2) is 0 Å². The van der Waals surface area contributed by atoms with Crippen molar-refractivity contribution in [3.63, 3.8) is 0 Å². The van der Waals surface area contributed by atoms with Crippen molar-refractivity contribution in [1.82, 2.24) is 5.32 Å². The quantitative estimate of drug-likeness (QED) is 0.740. The summed E-state index contributed by atoms with van der Waals surface area (Å²) < 4.78 is 0. The first-order valence-corrected chi connectivity index (χ1v) is 5.83. The maximum absolute atomic E-state index is 5.65. The van der Waals surface area contributed by atoms with Crippen LogP contribution in [-0.2, 0) is 6.54 Å². The zero-order valence-electron chi connectivity index (χ0n) is 9.42. The van der Waals surface area contributed by atoms with Gasteiger partial charge in [-0.05, 0) is 43.4 Å². The van der Waals surface area contributed by atoms with E-state index in [1.165, 1.54) is 31.2 Å². The monoisotopic (exact) mass is 204 g/mol. The van der Waals surface area contributed by atoms with Gasteiger partial charge in [-0.3, -0.25) is 0 Å². The van der Waals surface area contributed by atoms with Crippen molar-refractivity contribution in [1.29, 1.82) is 0 Å². The molecule has 2 nitrogen and oxygen atoms in total. The average molecular weight is 204 g/mol. The Kier molecular flexibility index (Phi) is 2.96. The molecule has 15 heavy (non-hydrogen) atoms. The van der Waals surface area contributed by atoms with Gasteiger partial charge in [-0.1, -0.05) is 19.1 Å². The van der Waals surface area contributed by atoms with Crippen molar-refractivity contribution in [2.75, 3.05) is 5.73 Å². The molecule has 1 aliphatic rings. The van der Waals surface area contributed by atoms with Crippen molar-refractivity contribution >= 4 is 5.69 Å². The van der Waals surface area contributed by atoms with Crippen molar-refractivity contribution in [3.8, 4) is 0 Å². The number of rotatable bonds is 4. The standard InChI is InChI=1S/C13H20N2/c1-2-13(8-3-9-13)15-10-11-4-6-12(14)7-5-11/h4-7,15H,2-3,8-10,14H2,1H3. The minimum atomic E-state index is 0.432. The zero-order chi connectivity index (χ0) is 10.7. The van der Waals surface area contributed by atoms with Gasteiger partial charge in [-0.15, -0.1) is 0 Å². The molecule has 3 N–H and O–H groups in total. The van der Waals surface area contributed by atoms with Gasteiger partial charge in [0.25, 0.3) is 0 Å². The lowest BCUT2D eigenvalue weighted by atomic mass is 9.75. The molecule has 0 unspecified atom stereocenters. The first kappa shape index (κ1) is 10.5. The fourth-order valence-electron chi connectivity index (χ4n) is 2.18. The first-order chi connectivity index (χ1) is 7.24. The van der Waals surface area contributed by atoms with E-state index in [1.54, 1.807) is 0 Å². The molecule has 0 bridgehead atoms. The summed E-state index contributed by atoms with van der Waals surface area (Å²) in [5, 5.41) is 3.68. The minimum absolute atomic E-state index is 0.432. The highest BCUT2D eigenvalue weighted by Crippen LogP contribution is 2.34. The molecular weight excluding hydrogens is 184 g/mol. The smallest absolute Gasteiger partial charge is 0.0314 e. The van der Waals surface area contributed by atoms with E-state index < -0.39 is 0 Å². The second kappa shape index (κ2) is 4.23. The Morgan fingerprint density at radius 2 is 1.93 bits per heavy atom. The second-order valence-corrected chi connectivity index (χ2v) is 4.58. The molecule has 1 fully saturated rings. The third-order valence-corrected chi connectivity index (χ3v) is 3.63. The molecule has 0 spiro atoms. The first-order valence-electron chi connectivity index (χ1n) is 5.83. The predicted molar refractivity (Wildman–Crippen MR) is 64.6 cm³/mol. The van der Waals surface area contributed by atoms with E-state index in [2.05, 4.69) is 24.4 Å². The molecule has 0 aliphatic heterocycles. The second-order valence-electron chi connectivity index (χ2n) is 4.58. The van der Waals surface area contributed by atoms with Crippen LogP contribution < -0.4 is 11.1 Å². The highest BCUT2D eigenvalue weighted by molar-refractivity contribution is 5.39. The summed E-state index contributed by atoms with van der Waals surface area (Å²) in [4.78, 5) is 0. The van der Waals surface area contributed by atoms with Gasteiger partial charge in [-0.2, -0.15) is 0 Å². The lowest BCUT2D eigenvalue weighted by Crippen LogP contribution is -2.49. The molecule has 1 aromatic carbocycles. The molecule has 0 atom stereocenters. The van der Waals surface area contributed by atoms with Crippen LogP contribution in [0.3, 0.4) is 0 Å². The normalized spacial score (nSPS) is 18.5. The lowest BCUT2D eigenvalue weighted by Gasteiger charge is -2.42. The molecule has 0 amide bonds. The van der Waals surface area contributed by atoms with Gasteiger partial charge in [0.15, 0.2) is 0 Å². The number of hydrogen-bond acceptors (Lipinski definition) is 2. The number of nitrogens with two attached hydrogens (primary N) is 1. The van der Waals surface area contributed by atoms with Gasteiger partial charge in [0.1, 0.15) is 0 Å². The highest BCUT2D eigenvalue weighted by Gasteiger charge is 2.33. The van der Waals surface area contributed by atoms with Crippen LogP contribution in [-0.4, -0.2) is 5.54 Å². The molecule has 0 radical (unpaired) electrons. The SMILES string of the molecule is CCC1(NCc2ccc(N)cc2)CCC1. The topological polar surface area (TPSA) is 38.0 Å². The summed E-state index contributed by atoms with van der Waals surface area (Å²) in [6.07, 6.45) is 5.28. The van der Waals surface area contributed by atoms with E-state index in [9.17, 15) is 0 Å². The van der Waals surface area contributed by atoms with Crippen LogP contribution in [0.2, 0.25) is 0 Å². The van der Waals surface area contributed by atoms with Crippen LogP contribution in [0.1, 0.15) is 38.2 Å². The number of anilines is 1. The minimum Gasteiger partial charge on any atom is -0.399 e. The summed E-state index contributed by atoms with van der Waals surface area (Å²) in [6.45, 7) is 3.24. The molecule has 1 aliphatic carbocycles. The van der Waals surface area contributed by atoms with Crippen molar-refractivity contribution in [3.05, 3.63) is 29.8 Å². The van der Waals surface area contributed by atoms with E-state index >= 15 is 0 Å². The number of benzene rings is 1. The van der Waals surface area contributed by atoms with E-state index in [0.717, 1.165) is 12.2 Å². The van der Waals surface area contributed by atoms with Gasteiger partial charge >= 0.3 is 0 Å². The fourth-order valence-corrected chi connectivity index (χ4v) is 2.18. The zero-order valence-corrected chi connectivity index (χ0v) is 9.42. The summed E-state index contributed by atoms with van der Waals surface area (Å²) in [5.74, 6) is 0.